The van der Waals surface area contributed by atoms with E-state index in [1.165, 1.54) is 0 Å². The Morgan fingerprint density at radius 1 is 1.32 bits per heavy atom. The van der Waals surface area contributed by atoms with Crippen LogP contribution in [0.2, 0.25) is 5.02 Å². The van der Waals surface area contributed by atoms with Gasteiger partial charge in [0.2, 0.25) is 0 Å². The third-order valence-electron chi connectivity index (χ3n) is 5.37. The van der Waals surface area contributed by atoms with E-state index in [9.17, 15) is 4.79 Å². The van der Waals surface area contributed by atoms with Crippen molar-refractivity contribution in [3.05, 3.63) is 70.6 Å². The lowest BCUT2D eigenvalue weighted by Gasteiger charge is -2.34. The zero-order valence-corrected chi connectivity index (χ0v) is 18.6. The lowest BCUT2D eigenvalue weighted by Crippen LogP contribution is -2.39. The molecule has 0 bridgehead atoms. The average molecular weight is 440 g/mol. The fourth-order valence-electron chi connectivity index (χ4n) is 3.74. The molecule has 2 N–H and O–H groups in total. The molecule has 1 amide bonds. The Morgan fingerprint density at radius 3 is 2.90 bits per heavy atom. The number of fused-ring (bicyclic) bond motifs is 1. The van der Waals surface area contributed by atoms with E-state index in [-0.39, 0.29) is 5.91 Å². The highest BCUT2D eigenvalue weighted by Gasteiger charge is 2.21. The van der Waals surface area contributed by atoms with Gasteiger partial charge in [-0.1, -0.05) is 17.7 Å². The molecule has 162 valence electrons. The van der Waals surface area contributed by atoms with Gasteiger partial charge in [0.15, 0.2) is 0 Å². The molecule has 4 rings (SSSR count). The van der Waals surface area contributed by atoms with Crippen LogP contribution < -0.4 is 10.3 Å². The number of nitrogens with one attached hydrogen (secondary N) is 2. The molecule has 7 nitrogen and oxygen atoms in total. The van der Waals surface area contributed by atoms with Gasteiger partial charge in [-0.25, -0.2) is 9.99 Å². The minimum atomic E-state index is -0.417. The van der Waals surface area contributed by atoms with Crippen LogP contribution in [-0.4, -0.2) is 48.2 Å². The van der Waals surface area contributed by atoms with Gasteiger partial charge in [-0.3, -0.25) is 9.80 Å². The van der Waals surface area contributed by atoms with Crippen molar-refractivity contribution < 1.29 is 9.53 Å². The van der Waals surface area contributed by atoms with E-state index < -0.39 is 6.04 Å². The number of methoxy groups -OCH3 is 1. The van der Waals surface area contributed by atoms with E-state index in [0.29, 0.717) is 23.0 Å². The highest BCUT2D eigenvalue weighted by atomic mass is 35.5. The maximum atomic E-state index is 13.0. The molecular weight excluding hydrogens is 414 g/mol. The van der Waals surface area contributed by atoms with Crippen molar-refractivity contribution in [3.63, 3.8) is 0 Å². The molecule has 1 aliphatic heterocycles. The van der Waals surface area contributed by atoms with Gasteiger partial charge in [0.25, 0.3) is 5.91 Å². The van der Waals surface area contributed by atoms with Gasteiger partial charge in [0.05, 0.1) is 23.3 Å². The number of H-pyrrole nitrogens is 1. The van der Waals surface area contributed by atoms with Gasteiger partial charge in [-0.2, -0.15) is 0 Å². The Balaban J connectivity index is 1.55. The first-order chi connectivity index (χ1) is 15.0. The summed E-state index contributed by atoms with van der Waals surface area (Å²) in [6.45, 7) is 3.26. The van der Waals surface area contributed by atoms with Crippen molar-refractivity contribution in [3.8, 4) is 0 Å². The standard InChI is InChI=1S/C23H26ClN5O2/c1-15-12-16(6-9-21(15)29-11-5-4-10-28(29)2)23(30)27-20(14-31-3)22-25-18-8-7-17(24)13-19(18)26-22/h5-9,11-13,20H,4,10,14H2,1-3H3,(H,25,26)(H,27,30)/t20-/m1/s1. The Labute approximate surface area is 186 Å². The smallest absolute Gasteiger partial charge is 0.251 e. The van der Waals surface area contributed by atoms with E-state index in [4.69, 9.17) is 16.3 Å². The molecule has 31 heavy (non-hydrogen) atoms. The van der Waals surface area contributed by atoms with E-state index >= 15 is 0 Å². The molecule has 0 saturated heterocycles. The Kier molecular flexibility index (Phi) is 6.27. The van der Waals surface area contributed by atoms with Gasteiger partial charge < -0.3 is 15.0 Å². The Hall–Kier alpha value is -2.87. The first kappa shape index (κ1) is 21.4. The van der Waals surface area contributed by atoms with Crippen LogP contribution in [0.1, 0.15) is 34.2 Å². The number of benzene rings is 2. The molecular formula is C23H26ClN5O2. The molecule has 0 saturated carbocycles. The summed E-state index contributed by atoms with van der Waals surface area (Å²) in [6, 6.07) is 10.8. The van der Waals surface area contributed by atoms with E-state index in [2.05, 4.69) is 44.6 Å². The van der Waals surface area contributed by atoms with Crippen LogP contribution in [0, 0.1) is 6.92 Å². The molecule has 1 aliphatic rings. The molecule has 0 radical (unpaired) electrons. The molecule has 0 unspecified atom stereocenters. The molecule has 0 fully saturated rings. The number of carbonyl (C=O) groups is 1. The average Bonchev–Trinajstić information content (AvgIpc) is 3.17. The van der Waals surface area contributed by atoms with Gasteiger partial charge in [-0.15, -0.1) is 0 Å². The van der Waals surface area contributed by atoms with Crippen LogP contribution in [0.5, 0.6) is 0 Å². The molecule has 1 atom stereocenters. The summed E-state index contributed by atoms with van der Waals surface area (Å²) < 4.78 is 5.33. The van der Waals surface area contributed by atoms with Crippen LogP contribution >= 0.6 is 11.6 Å². The van der Waals surface area contributed by atoms with Gasteiger partial charge in [0.1, 0.15) is 11.9 Å². The highest BCUT2D eigenvalue weighted by molar-refractivity contribution is 6.31. The number of carbonyl (C=O) groups excluding carboxylic acids is 1. The number of hydrogen-bond donors (Lipinski definition) is 2. The second kappa shape index (κ2) is 9.09. The summed E-state index contributed by atoms with van der Waals surface area (Å²) in [6.07, 6.45) is 5.24. The molecule has 3 aromatic rings. The number of nitrogens with zero attached hydrogens (tertiary/aromatic N) is 3. The molecule has 8 heteroatoms. The lowest BCUT2D eigenvalue weighted by molar-refractivity contribution is 0.0892. The third kappa shape index (κ3) is 4.58. The van der Waals surface area contributed by atoms with Gasteiger partial charge in [0, 0.05) is 37.5 Å². The maximum absolute atomic E-state index is 13.0. The first-order valence-electron chi connectivity index (χ1n) is 10.2. The SMILES string of the molecule is COC[C@@H](NC(=O)c1ccc(N2C=CCCN2C)c(C)c1)c1nc2ccc(Cl)cc2[nH]1. The zero-order chi connectivity index (χ0) is 22.0. The molecule has 2 aromatic carbocycles. The fraction of sp³-hybridized carbons (Fsp3) is 0.304. The summed E-state index contributed by atoms with van der Waals surface area (Å²) in [4.78, 5) is 20.8. The monoisotopic (exact) mass is 439 g/mol. The predicted molar refractivity (Wildman–Crippen MR) is 123 cm³/mol. The maximum Gasteiger partial charge on any atom is 0.251 e. The number of rotatable bonds is 6. The summed E-state index contributed by atoms with van der Waals surface area (Å²) in [5.74, 6) is 0.443. The number of amides is 1. The molecule has 0 aliphatic carbocycles. The van der Waals surface area contributed by atoms with Crippen molar-refractivity contribution in [1.29, 1.82) is 0 Å². The zero-order valence-electron chi connectivity index (χ0n) is 17.9. The molecule has 1 aromatic heterocycles. The Bertz CT molecular complexity index is 1130. The van der Waals surface area contributed by atoms with Crippen molar-refractivity contribution in [2.75, 3.05) is 32.3 Å². The Morgan fingerprint density at radius 2 is 2.16 bits per heavy atom. The minimum absolute atomic E-state index is 0.183. The van der Waals surface area contributed by atoms with Crippen LogP contribution in [0.3, 0.4) is 0 Å². The summed E-state index contributed by atoms with van der Waals surface area (Å²) >= 11 is 6.07. The number of anilines is 1. The fourth-order valence-corrected chi connectivity index (χ4v) is 3.91. The topological polar surface area (TPSA) is 73.5 Å². The number of imidazole rings is 1. The number of hydrogen-bond acceptors (Lipinski definition) is 5. The van der Waals surface area contributed by atoms with E-state index in [1.807, 2.05) is 37.3 Å². The number of halogens is 1. The normalized spacial score (nSPS) is 15.4. The minimum Gasteiger partial charge on any atom is -0.382 e. The summed E-state index contributed by atoms with van der Waals surface area (Å²) in [5, 5.41) is 7.92. The number of ether oxygens (including phenoxy) is 1. The quantitative estimate of drug-likeness (QED) is 0.601. The number of aromatic amines is 1. The second-order valence-electron chi connectivity index (χ2n) is 7.67. The number of aromatic nitrogens is 2. The number of aryl methyl sites for hydroxylation is 1. The highest BCUT2D eigenvalue weighted by Crippen LogP contribution is 2.25. The van der Waals surface area contributed by atoms with Crippen molar-refractivity contribution in [2.24, 2.45) is 0 Å². The largest absolute Gasteiger partial charge is 0.382 e. The molecule has 2 heterocycles. The van der Waals surface area contributed by atoms with E-state index in [1.54, 1.807) is 13.2 Å². The lowest BCUT2D eigenvalue weighted by atomic mass is 10.1. The molecule has 0 spiro atoms. The van der Waals surface area contributed by atoms with Crippen molar-refractivity contribution in [2.45, 2.75) is 19.4 Å². The second-order valence-corrected chi connectivity index (χ2v) is 8.10. The van der Waals surface area contributed by atoms with Crippen LogP contribution in [0.4, 0.5) is 5.69 Å². The van der Waals surface area contributed by atoms with E-state index in [0.717, 1.165) is 35.2 Å². The van der Waals surface area contributed by atoms with Crippen LogP contribution in [0.15, 0.2) is 48.7 Å². The van der Waals surface area contributed by atoms with Crippen molar-refractivity contribution in [1.82, 2.24) is 20.3 Å². The summed E-state index contributed by atoms with van der Waals surface area (Å²) in [5.41, 5.74) is 4.26. The van der Waals surface area contributed by atoms with Gasteiger partial charge in [-0.05, 0) is 55.3 Å². The first-order valence-corrected chi connectivity index (χ1v) is 10.6. The summed E-state index contributed by atoms with van der Waals surface area (Å²) in [7, 11) is 3.65. The van der Waals surface area contributed by atoms with Gasteiger partial charge >= 0.3 is 0 Å². The predicted octanol–water partition coefficient (Wildman–Crippen LogP) is 4.21. The third-order valence-corrected chi connectivity index (χ3v) is 5.61. The van der Waals surface area contributed by atoms with Crippen molar-refractivity contribution >= 4 is 34.2 Å². The number of hydrazine groups is 1. The van der Waals surface area contributed by atoms with Crippen LogP contribution in [0.25, 0.3) is 11.0 Å². The van der Waals surface area contributed by atoms with Crippen LogP contribution in [-0.2, 0) is 4.74 Å².